The summed E-state index contributed by atoms with van der Waals surface area (Å²) in [5.41, 5.74) is 10.1. The van der Waals surface area contributed by atoms with Crippen LogP contribution in [0.5, 0.6) is 0 Å². The maximum absolute atomic E-state index is 14.0. The Bertz CT molecular complexity index is 1470. The number of nitrogen functional groups attached to an aromatic ring is 1. The van der Waals surface area contributed by atoms with Crippen molar-refractivity contribution >= 4 is 33.4 Å². The number of halogens is 2. The lowest BCUT2D eigenvalue weighted by atomic mass is 9.78. The van der Waals surface area contributed by atoms with Crippen molar-refractivity contribution in [3.05, 3.63) is 47.1 Å². The van der Waals surface area contributed by atoms with Gasteiger partial charge in [0, 0.05) is 40.9 Å². The fourth-order valence-corrected chi connectivity index (χ4v) is 5.66. The number of alkyl halides is 1. The number of hydrogen-bond donors (Lipinski definition) is 3. The van der Waals surface area contributed by atoms with Gasteiger partial charge in [-0.1, -0.05) is 6.07 Å². The molecule has 0 aliphatic heterocycles. The highest BCUT2D eigenvalue weighted by Crippen LogP contribution is 2.42. The Kier molecular flexibility index (Phi) is 6.95. The number of pyridine rings is 1. The predicted molar refractivity (Wildman–Crippen MR) is 143 cm³/mol. The average molecular weight is 586 g/mol. The lowest BCUT2D eigenvalue weighted by Gasteiger charge is -2.29. The van der Waals surface area contributed by atoms with Crippen LogP contribution in [0.15, 0.2) is 41.4 Å². The van der Waals surface area contributed by atoms with E-state index in [4.69, 9.17) is 15.8 Å². The van der Waals surface area contributed by atoms with Gasteiger partial charge in [0.1, 0.15) is 5.82 Å². The Morgan fingerprint density at radius 1 is 1.18 bits per heavy atom. The monoisotopic (exact) mass is 585 g/mol. The summed E-state index contributed by atoms with van der Waals surface area (Å²) in [6.07, 6.45) is 7.36. The summed E-state index contributed by atoms with van der Waals surface area (Å²) >= 11 is 3.57. The number of carboxylic acid groups (broad SMARTS) is 1. The van der Waals surface area contributed by atoms with Gasteiger partial charge in [-0.05, 0) is 61.5 Å². The van der Waals surface area contributed by atoms with Crippen LogP contribution in [0.3, 0.4) is 0 Å². The summed E-state index contributed by atoms with van der Waals surface area (Å²) in [6.45, 7) is 3.83. The van der Waals surface area contributed by atoms with Crippen molar-refractivity contribution in [1.29, 1.82) is 0 Å². The van der Waals surface area contributed by atoms with Gasteiger partial charge in [0.15, 0.2) is 11.8 Å². The van der Waals surface area contributed by atoms with E-state index >= 15 is 0 Å². The summed E-state index contributed by atoms with van der Waals surface area (Å²) in [7, 11) is 0. The van der Waals surface area contributed by atoms with Crippen LogP contribution in [0, 0.1) is 5.92 Å². The molecule has 0 saturated heterocycles. The van der Waals surface area contributed by atoms with Crippen LogP contribution < -0.4 is 5.73 Å². The molecule has 200 valence electrons. The minimum Gasteiger partial charge on any atom is -0.479 e. The van der Waals surface area contributed by atoms with Gasteiger partial charge in [-0.15, -0.1) is 0 Å². The molecule has 12 heteroatoms. The molecule has 1 unspecified atom stereocenters. The molecule has 4 aromatic rings. The number of rotatable bonds is 7. The number of carbonyl (C=O) groups is 1. The first-order valence-corrected chi connectivity index (χ1v) is 13.2. The SMILES string of the molecule is CC(C)(O)Cn1cc(-c2ccc(-c3cnn4c(N)c(Br)c([C@H]5CC[C@@H](C(F)C(=O)O)CC5)nc34)cn2)cn1. The fourth-order valence-electron chi connectivity index (χ4n) is 5.08. The van der Waals surface area contributed by atoms with Gasteiger partial charge in [0.2, 0.25) is 0 Å². The zero-order valence-electron chi connectivity index (χ0n) is 21.1. The standard InChI is InChI=1S/C26H29BrFN7O3/c1-26(2,38)13-34-12-17(10-31-34)19-8-7-16(9-30-19)18-11-32-35-23(29)20(27)22(33-24(18)35)15-5-3-14(4-6-15)21(28)25(36)37/h7-12,14-15,21,38H,3-6,13,29H2,1-2H3,(H,36,37)/t14-,15+,21?. The quantitative estimate of drug-likeness (QED) is 0.288. The Hall–Kier alpha value is -3.38. The molecule has 0 radical (unpaired) electrons. The van der Waals surface area contributed by atoms with Gasteiger partial charge in [-0.2, -0.15) is 14.7 Å². The maximum Gasteiger partial charge on any atom is 0.338 e. The topological polar surface area (TPSA) is 144 Å². The predicted octanol–water partition coefficient (Wildman–Crippen LogP) is 4.47. The molecule has 4 N–H and O–H groups in total. The van der Waals surface area contributed by atoms with Crippen LogP contribution in [-0.4, -0.2) is 57.3 Å². The Balaban J connectivity index is 1.41. The molecule has 1 aliphatic rings. The number of aliphatic hydroxyl groups is 1. The van der Waals surface area contributed by atoms with E-state index in [2.05, 4.69) is 31.1 Å². The highest BCUT2D eigenvalue weighted by Gasteiger charge is 2.34. The van der Waals surface area contributed by atoms with Crippen molar-refractivity contribution in [2.45, 2.75) is 63.8 Å². The minimum absolute atomic E-state index is 0.0256. The van der Waals surface area contributed by atoms with E-state index in [0.717, 1.165) is 28.1 Å². The number of anilines is 1. The van der Waals surface area contributed by atoms with E-state index in [0.29, 0.717) is 48.2 Å². The largest absolute Gasteiger partial charge is 0.479 e. The van der Waals surface area contributed by atoms with Gasteiger partial charge in [-0.25, -0.2) is 14.2 Å². The number of aromatic nitrogens is 6. The van der Waals surface area contributed by atoms with Crippen molar-refractivity contribution < 1.29 is 19.4 Å². The second-order valence-corrected chi connectivity index (χ2v) is 11.3. The summed E-state index contributed by atoms with van der Waals surface area (Å²) in [5.74, 6) is -1.44. The number of nitrogens with two attached hydrogens (primary N) is 1. The molecular weight excluding hydrogens is 557 g/mol. The number of aliphatic carboxylic acids is 1. The van der Waals surface area contributed by atoms with Gasteiger partial charge in [0.25, 0.3) is 0 Å². The van der Waals surface area contributed by atoms with Gasteiger partial charge in [-0.3, -0.25) is 9.67 Å². The minimum atomic E-state index is -1.84. The molecule has 38 heavy (non-hydrogen) atoms. The summed E-state index contributed by atoms with van der Waals surface area (Å²) in [5, 5.41) is 27.8. The zero-order chi connectivity index (χ0) is 27.2. The fraction of sp³-hybridized carbons (Fsp3) is 0.423. The van der Waals surface area contributed by atoms with Crippen LogP contribution in [0.25, 0.3) is 28.0 Å². The van der Waals surface area contributed by atoms with E-state index in [1.807, 2.05) is 18.3 Å². The van der Waals surface area contributed by atoms with E-state index in [1.165, 1.54) is 0 Å². The highest BCUT2D eigenvalue weighted by molar-refractivity contribution is 9.10. The third-order valence-electron chi connectivity index (χ3n) is 7.01. The molecule has 0 amide bonds. The molecule has 4 heterocycles. The van der Waals surface area contributed by atoms with Gasteiger partial charge >= 0.3 is 5.97 Å². The van der Waals surface area contributed by atoms with Crippen molar-refractivity contribution in [2.24, 2.45) is 5.92 Å². The first-order chi connectivity index (χ1) is 18.0. The van der Waals surface area contributed by atoms with Crippen LogP contribution in [0.4, 0.5) is 10.2 Å². The average Bonchev–Trinajstić information content (AvgIpc) is 3.52. The number of nitrogens with zero attached hydrogens (tertiary/aromatic N) is 6. The molecule has 4 aromatic heterocycles. The van der Waals surface area contributed by atoms with E-state index in [1.54, 1.807) is 41.6 Å². The number of fused-ring (bicyclic) bond motifs is 1. The van der Waals surface area contributed by atoms with Crippen LogP contribution in [-0.2, 0) is 11.3 Å². The lowest BCUT2D eigenvalue weighted by Crippen LogP contribution is -2.28. The van der Waals surface area contributed by atoms with Crippen molar-refractivity contribution in [3.63, 3.8) is 0 Å². The van der Waals surface area contributed by atoms with Crippen molar-refractivity contribution in [1.82, 2.24) is 29.4 Å². The lowest BCUT2D eigenvalue weighted by molar-refractivity contribution is -0.145. The van der Waals surface area contributed by atoms with Crippen molar-refractivity contribution in [3.8, 4) is 22.4 Å². The molecule has 1 atom stereocenters. The Morgan fingerprint density at radius 3 is 2.55 bits per heavy atom. The smallest absolute Gasteiger partial charge is 0.338 e. The second kappa shape index (κ2) is 10.1. The number of carboxylic acids is 1. The summed E-state index contributed by atoms with van der Waals surface area (Å²) in [6, 6.07) is 3.83. The summed E-state index contributed by atoms with van der Waals surface area (Å²) < 4.78 is 17.9. The Labute approximate surface area is 226 Å². The third-order valence-corrected chi connectivity index (χ3v) is 7.82. The normalized spacial score (nSPS) is 19.1. The van der Waals surface area contributed by atoms with E-state index in [9.17, 15) is 14.3 Å². The highest BCUT2D eigenvalue weighted by atomic mass is 79.9. The first-order valence-electron chi connectivity index (χ1n) is 12.4. The molecule has 1 fully saturated rings. The van der Waals surface area contributed by atoms with E-state index < -0.39 is 23.7 Å². The Morgan fingerprint density at radius 2 is 1.92 bits per heavy atom. The molecule has 1 aliphatic carbocycles. The molecule has 10 nitrogen and oxygen atoms in total. The molecule has 1 saturated carbocycles. The zero-order valence-corrected chi connectivity index (χ0v) is 22.6. The number of hydrogen-bond acceptors (Lipinski definition) is 7. The molecular formula is C26H29BrFN7O3. The van der Waals surface area contributed by atoms with Gasteiger partial charge < -0.3 is 15.9 Å². The third kappa shape index (κ3) is 5.14. The van der Waals surface area contributed by atoms with E-state index in [-0.39, 0.29) is 5.92 Å². The molecule has 0 bridgehead atoms. The molecule has 0 spiro atoms. The van der Waals surface area contributed by atoms with Crippen LogP contribution >= 0.6 is 15.9 Å². The second-order valence-electron chi connectivity index (χ2n) is 10.5. The molecule has 0 aromatic carbocycles. The van der Waals surface area contributed by atoms with Crippen LogP contribution in [0.1, 0.15) is 51.1 Å². The molecule has 5 rings (SSSR count). The van der Waals surface area contributed by atoms with Crippen LogP contribution in [0.2, 0.25) is 0 Å². The van der Waals surface area contributed by atoms with Gasteiger partial charge in [0.05, 0.1) is 40.4 Å². The van der Waals surface area contributed by atoms with Crippen molar-refractivity contribution in [2.75, 3.05) is 5.73 Å². The maximum atomic E-state index is 14.0. The first kappa shape index (κ1) is 26.2. The summed E-state index contributed by atoms with van der Waals surface area (Å²) in [4.78, 5) is 20.6.